The van der Waals surface area contributed by atoms with Gasteiger partial charge in [-0.1, -0.05) is 54.6 Å². The third kappa shape index (κ3) is 4.39. The van der Waals surface area contributed by atoms with Crippen LogP contribution in [0.25, 0.3) is 0 Å². The van der Waals surface area contributed by atoms with E-state index in [0.717, 1.165) is 25.7 Å². The predicted octanol–water partition coefficient (Wildman–Crippen LogP) is 3.62. The Morgan fingerprint density at radius 1 is 1.19 bits per heavy atom. The van der Waals surface area contributed by atoms with E-state index in [2.05, 4.69) is 10.6 Å². The number of nitrogens with one attached hydrogen (secondary N) is 2. The van der Waals surface area contributed by atoms with Crippen LogP contribution in [-0.2, 0) is 9.59 Å². The fourth-order valence-corrected chi connectivity index (χ4v) is 4.98. The van der Waals surface area contributed by atoms with Gasteiger partial charge in [-0.25, -0.2) is 4.79 Å². The van der Waals surface area contributed by atoms with Gasteiger partial charge in [0.2, 0.25) is 5.91 Å². The normalized spacial score (nSPS) is 22.0. The number of carbonyl (C=O) groups is 3. The quantitative estimate of drug-likeness (QED) is 0.697. The first-order valence-corrected chi connectivity index (χ1v) is 11.4. The number of rotatable bonds is 5. The van der Waals surface area contributed by atoms with Crippen LogP contribution in [0.5, 0.6) is 0 Å². The Morgan fingerprint density at radius 3 is 2.68 bits per heavy atom. The molecule has 0 spiro atoms. The number of hydrogen-bond acceptors (Lipinski definition) is 3. The van der Waals surface area contributed by atoms with E-state index in [1.807, 2.05) is 0 Å². The van der Waals surface area contributed by atoms with Crippen molar-refractivity contribution in [3.05, 3.63) is 45.1 Å². The zero-order valence-corrected chi connectivity index (χ0v) is 18.9. The van der Waals surface area contributed by atoms with Crippen molar-refractivity contribution in [2.24, 2.45) is 0 Å². The second-order valence-corrected chi connectivity index (χ2v) is 9.11. The van der Waals surface area contributed by atoms with Crippen LogP contribution < -0.4 is 10.6 Å². The molecule has 1 atom stereocenters. The van der Waals surface area contributed by atoms with Crippen LogP contribution in [0.3, 0.4) is 0 Å². The number of urea groups is 1. The zero-order chi connectivity index (χ0) is 22.1. The summed E-state index contributed by atoms with van der Waals surface area (Å²) in [6.45, 7) is 0.575. The number of hydrogen-bond donors (Lipinski definition) is 2. The monoisotopic (exact) mass is 464 g/mol. The van der Waals surface area contributed by atoms with Crippen molar-refractivity contribution < 1.29 is 14.4 Å². The molecule has 2 aliphatic heterocycles. The number of likely N-dealkylation sites (N-methyl/N-ethyl adjacent to an activating group) is 1. The van der Waals surface area contributed by atoms with E-state index in [4.69, 9.17) is 23.2 Å². The molecule has 0 bridgehead atoms. The summed E-state index contributed by atoms with van der Waals surface area (Å²) in [5, 5.41) is 6.60. The number of halogens is 2. The Labute approximate surface area is 191 Å². The van der Waals surface area contributed by atoms with Crippen LogP contribution in [0.15, 0.2) is 29.5 Å². The van der Waals surface area contributed by atoms with Crippen LogP contribution in [0.4, 0.5) is 4.79 Å². The fraction of sp³-hybridized carbons (Fsp3) is 0.500. The molecule has 1 fully saturated rings. The fourth-order valence-electron chi connectivity index (χ4n) is 4.56. The Morgan fingerprint density at radius 2 is 1.94 bits per heavy atom. The second kappa shape index (κ2) is 9.09. The highest BCUT2D eigenvalue weighted by molar-refractivity contribution is 6.42. The summed E-state index contributed by atoms with van der Waals surface area (Å²) in [5.74, 6) is -0.241. The van der Waals surface area contributed by atoms with E-state index in [1.165, 1.54) is 11.3 Å². The Balaban J connectivity index is 1.48. The van der Waals surface area contributed by atoms with Crippen LogP contribution in [-0.4, -0.2) is 53.8 Å². The molecule has 1 aliphatic carbocycles. The minimum absolute atomic E-state index is 0.0402. The van der Waals surface area contributed by atoms with Gasteiger partial charge >= 0.3 is 6.03 Å². The molecule has 2 N–H and O–H groups in total. The second-order valence-electron chi connectivity index (χ2n) is 8.32. The van der Waals surface area contributed by atoms with Gasteiger partial charge in [0.25, 0.3) is 5.91 Å². The summed E-state index contributed by atoms with van der Waals surface area (Å²) in [6.07, 6.45) is 5.79. The van der Waals surface area contributed by atoms with Crippen LogP contribution in [0.1, 0.15) is 50.1 Å². The maximum absolute atomic E-state index is 13.3. The lowest BCUT2D eigenvalue weighted by Gasteiger charge is -2.31. The summed E-state index contributed by atoms with van der Waals surface area (Å²) in [5.41, 5.74) is 1.68. The van der Waals surface area contributed by atoms with E-state index in [9.17, 15) is 14.4 Å². The summed E-state index contributed by atoms with van der Waals surface area (Å²) in [4.78, 5) is 41.3. The highest BCUT2D eigenvalue weighted by atomic mass is 35.5. The molecule has 7 nitrogen and oxygen atoms in total. The van der Waals surface area contributed by atoms with Gasteiger partial charge in [0.05, 0.1) is 33.9 Å². The van der Waals surface area contributed by atoms with Gasteiger partial charge in [-0.15, -0.1) is 0 Å². The lowest BCUT2D eigenvalue weighted by molar-refractivity contribution is -0.127. The van der Waals surface area contributed by atoms with Gasteiger partial charge in [0, 0.05) is 26.1 Å². The van der Waals surface area contributed by atoms with Gasteiger partial charge in [-0.2, -0.15) is 0 Å². The minimum atomic E-state index is -0.682. The van der Waals surface area contributed by atoms with E-state index in [-0.39, 0.29) is 36.9 Å². The van der Waals surface area contributed by atoms with Crippen molar-refractivity contribution in [3.8, 4) is 0 Å². The van der Waals surface area contributed by atoms with Crippen LogP contribution >= 0.6 is 23.2 Å². The summed E-state index contributed by atoms with van der Waals surface area (Å²) >= 11 is 12.5. The first-order valence-electron chi connectivity index (χ1n) is 10.7. The molecule has 3 aliphatic rings. The molecule has 0 saturated heterocycles. The standard InChI is InChI=1S/C22H26Cl2N4O3/c1-27-16-12-28(11-10-17(29)25-13-6-3-2-4-7-13)21(30)18(16)20(26-22(27)31)14-8-5-9-15(23)19(14)24/h5,8-9,13,20H,2-4,6-7,10-12H2,1H3,(H,25,29)(H,26,31)/t20-/m0/s1. The highest BCUT2D eigenvalue weighted by Crippen LogP contribution is 2.39. The molecule has 9 heteroatoms. The lowest BCUT2D eigenvalue weighted by atomic mass is 9.95. The summed E-state index contributed by atoms with van der Waals surface area (Å²) in [6, 6.07) is 4.39. The van der Waals surface area contributed by atoms with Crippen molar-refractivity contribution in [1.29, 1.82) is 0 Å². The first kappa shape index (κ1) is 22.0. The van der Waals surface area contributed by atoms with Gasteiger partial charge < -0.3 is 15.5 Å². The van der Waals surface area contributed by atoms with E-state index in [0.29, 0.717) is 33.4 Å². The maximum atomic E-state index is 13.3. The van der Waals surface area contributed by atoms with Crippen molar-refractivity contribution >= 4 is 41.0 Å². The Bertz CT molecular complexity index is 943. The third-order valence-corrected chi connectivity index (χ3v) is 7.14. The van der Waals surface area contributed by atoms with Crippen molar-refractivity contribution in [3.63, 3.8) is 0 Å². The van der Waals surface area contributed by atoms with Gasteiger partial charge in [-0.3, -0.25) is 14.5 Å². The average Bonchev–Trinajstić information content (AvgIpc) is 3.09. The SMILES string of the molecule is CN1C(=O)N[C@@H](c2cccc(Cl)c2Cl)C2=C1CN(CCC(=O)NC1CCCCC1)C2=O. The number of carbonyl (C=O) groups excluding carboxylic acids is 3. The smallest absolute Gasteiger partial charge is 0.322 e. The van der Waals surface area contributed by atoms with Crippen LogP contribution in [0, 0.1) is 0 Å². The predicted molar refractivity (Wildman–Crippen MR) is 119 cm³/mol. The topological polar surface area (TPSA) is 81.8 Å². The van der Waals surface area contributed by atoms with Crippen LogP contribution in [0.2, 0.25) is 10.0 Å². The molecule has 166 valence electrons. The molecule has 1 aromatic rings. The maximum Gasteiger partial charge on any atom is 0.322 e. The molecule has 0 radical (unpaired) electrons. The van der Waals surface area contributed by atoms with E-state index < -0.39 is 6.04 Å². The van der Waals surface area contributed by atoms with Crippen molar-refractivity contribution in [1.82, 2.24) is 20.4 Å². The number of benzene rings is 1. The van der Waals surface area contributed by atoms with E-state index >= 15 is 0 Å². The Hall–Kier alpha value is -2.25. The summed E-state index contributed by atoms with van der Waals surface area (Å²) < 4.78 is 0. The molecule has 2 heterocycles. The molecule has 1 aromatic carbocycles. The van der Waals surface area contributed by atoms with Gasteiger partial charge in [-0.05, 0) is 24.5 Å². The molecule has 31 heavy (non-hydrogen) atoms. The molecule has 4 amide bonds. The largest absolute Gasteiger partial charge is 0.353 e. The molecule has 0 aromatic heterocycles. The van der Waals surface area contributed by atoms with Crippen molar-refractivity contribution in [2.45, 2.75) is 50.6 Å². The third-order valence-electron chi connectivity index (χ3n) is 6.31. The summed E-state index contributed by atoms with van der Waals surface area (Å²) in [7, 11) is 1.63. The van der Waals surface area contributed by atoms with E-state index in [1.54, 1.807) is 30.1 Å². The Kier molecular flexibility index (Phi) is 6.44. The number of amides is 4. The minimum Gasteiger partial charge on any atom is -0.353 e. The highest BCUT2D eigenvalue weighted by Gasteiger charge is 2.43. The molecular formula is C22H26Cl2N4O3. The molecular weight excluding hydrogens is 439 g/mol. The average molecular weight is 465 g/mol. The molecule has 0 unspecified atom stereocenters. The molecule has 1 saturated carbocycles. The lowest BCUT2D eigenvalue weighted by Crippen LogP contribution is -2.45. The number of nitrogens with zero attached hydrogens (tertiary/aromatic N) is 2. The van der Waals surface area contributed by atoms with Gasteiger partial charge in [0.15, 0.2) is 0 Å². The van der Waals surface area contributed by atoms with Gasteiger partial charge in [0.1, 0.15) is 0 Å². The molecule has 4 rings (SSSR count). The first-order chi connectivity index (χ1) is 14.9. The van der Waals surface area contributed by atoms with Crippen molar-refractivity contribution in [2.75, 3.05) is 20.1 Å². The zero-order valence-electron chi connectivity index (χ0n) is 17.4.